The summed E-state index contributed by atoms with van der Waals surface area (Å²) < 4.78 is 75.8. The van der Waals surface area contributed by atoms with Gasteiger partial charge in [-0.15, -0.1) is 10.2 Å². The van der Waals surface area contributed by atoms with Gasteiger partial charge in [-0.05, 0) is 18.0 Å². The van der Waals surface area contributed by atoms with Crippen LogP contribution >= 0.6 is 23.2 Å². The van der Waals surface area contributed by atoms with Crippen LogP contribution in [0.3, 0.4) is 0 Å². The standard InChI is InChI=1S/C17H12Cl2N6O4/c1-7(2)9-5-13(22-23-15(9)26)29-14-10(18)3-8(4-11(14)19)25-17(28)21-16(27)12(6-20)24-25/h3-5,7H,1-2H3,(H,23,26)(H,21,27,28)/i1D3,2D3,3D,4D,7D. The molecule has 0 saturated carbocycles. The molecule has 3 rings (SSSR count). The molecule has 0 fully saturated rings. The molecule has 3 aromatic rings. The fourth-order valence-corrected chi connectivity index (χ4v) is 2.49. The zero-order valence-electron chi connectivity index (χ0n) is 22.8. The van der Waals surface area contributed by atoms with Crippen LogP contribution in [0.4, 0.5) is 0 Å². The van der Waals surface area contributed by atoms with Crippen molar-refractivity contribution in [3.05, 3.63) is 70.6 Å². The summed E-state index contributed by atoms with van der Waals surface area (Å²) >= 11 is 12.3. The van der Waals surface area contributed by atoms with Crippen molar-refractivity contribution in [3.63, 3.8) is 0 Å². The summed E-state index contributed by atoms with van der Waals surface area (Å²) in [5, 5.41) is 16.5. The smallest absolute Gasteiger partial charge is 0.349 e. The van der Waals surface area contributed by atoms with Crippen LogP contribution in [0, 0.1) is 11.3 Å². The number of halogens is 2. The third-order valence-electron chi connectivity index (χ3n) is 3.26. The van der Waals surface area contributed by atoms with E-state index in [1.54, 1.807) is 4.98 Å². The highest BCUT2D eigenvalue weighted by atomic mass is 35.5. The average Bonchev–Trinajstić information content (AvgIpc) is 2.81. The Kier molecular flexibility index (Phi) is 3.15. The van der Waals surface area contributed by atoms with Gasteiger partial charge < -0.3 is 4.74 Å². The Morgan fingerprint density at radius 2 is 2.00 bits per heavy atom. The predicted molar refractivity (Wildman–Crippen MR) is 104 cm³/mol. The lowest BCUT2D eigenvalue weighted by atomic mass is 10.1. The second-order valence-electron chi connectivity index (χ2n) is 5.11. The van der Waals surface area contributed by atoms with E-state index in [0.717, 1.165) is 0 Å². The van der Waals surface area contributed by atoms with Crippen molar-refractivity contribution >= 4 is 23.2 Å². The van der Waals surface area contributed by atoms with Crippen molar-refractivity contribution < 1.29 is 17.1 Å². The van der Waals surface area contributed by atoms with Gasteiger partial charge in [-0.2, -0.15) is 9.94 Å². The Labute approximate surface area is 184 Å². The highest BCUT2D eigenvalue weighted by Gasteiger charge is 2.16. The molecule has 0 atom stereocenters. The van der Waals surface area contributed by atoms with E-state index in [0.29, 0.717) is 10.7 Å². The molecule has 0 aliphatic heterocycles. The van der Waals surface area contributed by atoms with Crippen molar-refractivity contribution in [2.75, 3.05) is 0 Å². The zero-order chi connectivity index (χ0) is 29.0. The third-order valence-corrected chi connectivity index (χ3v) is 3.79. The Bertz CT molecular complexity index is 1630. The number of aromatic nitrogens is 5. The first-order valence-electron chi connectivity index (χ1n) is 11.8. The molecular formula is C17H12Cl2N6O4. The summed E-state index contributed by atoms with van der Waals surface area (Å²) in [4.78, 5) is 38.0. The molecule has 0 aliphatic carbocycles. The van der Waals surface area contributed by atoms with Crippen molar-refractivity contribution in [1.82, 2.24) is 25.0 Å². The molecule has 0 unspecified atom stereocenters. The van der Waals surface area contributed by atoms with E-state index in [1.165, 1.54) is 6.07 Å². The van der Waals surface area contributed by atoms with Crippen molar-refractivity contribution in [1.29, 1.82) is 5.26 Å². The summed E-state index contributed by atoms with van der Waals surface area (Å²) in [5.41, 5.74) is -6.16. The molecule has 0 spiro atoms. The predicted octanol–water partition coefficient (Wildman–Crippen LogP) is 2.10. The van der Waals surface area contributed by atoms with Crippen LogP contribution in [-0.2, 0) is 0 Å². The Hall–Kier alpha value is -3.42. The van der Waals surface area contributed by atoms with Gasteiger partial charge in [-0.25, -0.2) is 9.89 Å². The molecule has 0 aliphatic rings. The first-order chi connectivity index (χ1) is 17.4. The number of nitriles is 1. The van der Waals surface area contributed by atoms with E-state index in [9.17, 15) is 14.4 Å². The summed E-state index contributed by atoms with van der Waals surface area (Å²) in [6, 6.07) is 0.389. The van der Waals surface area contributed by atoms with Crippen LogP contribution in [0.5, 0.6) is 11.6 Å². The van der Waals surface area contributed by atoms with Crippen LogP contribution < -0.4 is 21.5 Å². The van der Waals surface area contributed by atoms with Gasteiger partial charge in [-0.3, -0.25) is 14.6 Å². The van der Waals surface area contributed by atoms with Crippen LogP contribution in [0.1, 0.15) is 43.2 Å². The molecule has 2 heterocycles. The van der Waals surface area contributed by atoms with Gasteiger partial charge in [-0.1, -0.05) is 36.9 Å². The van der Waals surface area contributed by atoms with Gasteiger partial charge >= 0.3 is 5.69 Å². The first kappa shape index (κ1) is 11.5. The van der Waals surface area contributed by atoms with Crippen molar-refractivity contribution in [3.8, 4) is 23.4 Å². The lowest BCUT2D eigenvalue weighted by Crippen LogP contribution is -2.33. The van der Waals surface area contributed by atoms with E-state index in [1.807, 2.05) is 5.10 Å². The molecule has 10 nitrogen and oxygen atoms in total. The number of nitrogens with one attached hydrogen (secondary N) is 2. The molecular weight excluding hydrogens is 423 g/mol. The quantitative estimate of drug-likeness (QED) is 0.626. The lowest BCUT2D eigenvalue weighted by molar-refractivity contribution is 0.452. The Morgan fingerprint density at radius 3 is 2.62 bits per heavy atom. The minimum atomic E-state index is -3.51. The van der Waals surface area contributed by atoms with E-state index in [4.69, 9.17) is 45.5 Å². The summed E-state index contributed by atoms with van der Waals surface area (Å²) in [5.74, 6) is -4.79. The molecule has 29 heavy (non-hydrogen) atoms. The first-order valence-corrected chi connectivity index (χ1v) is 8.02. The summed E-state index contributed by atoms with van der Waals surface area (Å²) in [7, 11) is 0. The van der Waals surface area contributed by atoms with Crippen LogP contribution in [-0.4, -0.2) is 25.0 Å². The molecule has 1 aromatic carbocycles. The van der Waals surface area contributed by atoms with Crippen LogP contribution in [0.15, 0.2) is 32.5 Å². The number of nitrogens with zero attached hydrogens (tertiary/aromatic N) is 4. The zero-order valence-corrected chi connectivity index (χ0v) is 15.3. The van der Waals surface area contributed by atoms with Gasteiger partial charge in [0.15, 0.2) is 5.75 Å². The molecule has 0 saturated heterocycles. The monoisotopic (exact) mass is 443 g/mol. The third kappa shape index (κ3) is 4.06. The van der Waals surface area contributed by atoms with E-state index >= 15 is 0 Å². The Balaban J connectivity index is 2.23. The minimum absolute atomic E-state index is 0.337. The highest BCUT2D eigenvalue weighted by Crippen LogP contribution is 2.37. The summed E-state index contributed by atoms with van der Waals surface area (Å²) in [6.45, 7) is -7.02. The van der Waals surface area contributed by atoms with E-state index in [-0.39, 0.29) is 0 Å². The van der Waals surface area contributed by atoms with Gasteiger partial charge in [0.1, 0.15) is 6.07 Å². The molecule has 148 valence electrons. The molecule has 12 heteroatoms. The van der Waals surface area contributed by atoms with Gasteiger partial charge in [0.2, 0.25) is 11.6 Å². The van der Waals surface area contributed by atoms with Gasteiger partial charge in [0, 0.05) is 21.2 Å². The van der Waals surface area contributed by atoms with Crippen molar-refractivity contribution in [2.24, 2.45) is 0 Å². The number of aromatic amines is 2. The second kappa shape index (κ2) is 7.90. The number of hydrogen-bond donors (Lipinski definition) is 2. The number of rotatable bonds is 4. The topological polar surface area (TPSA) is 147 Å². The molecule has 0 radical (unpaired) electrons. The number of ether oxygens (including phenoxy) is 1. The van der Waals surface area contributed by atoms with Crippen molar-refractivity contribution in [2.45, 2.75) is 19.6 Å². The number of benzene rings is 1. The lowest BCUT2D eigenvalue weighted by Gasteiger charge is -2.12. The second-order valence-corrected chi connectivity index (χ2v) is 5.87. The maximum absolute atomic E-state index is 12.3. The SMILES string of the molecule is [2H]c1c(Cl)c(Oc2cc(C([2H])(C([2H])([2H])[2H])C([2H])([2H])[2H])c(=O)[nH]n2)c(Cl)c([2H])c1-n1nc(C#N)c(=O)[nH]c1=O. The normalized spacial score (nSPS) is 16.5. The van der Waals surface area contributed by atoms with Crippen LogP contribution in [0.25, 0.3) is 5.69 Å². The number of hydrogen-bond acceptors (Lipinski definition) is 7. The highest BCUT2D eigenvalue weighted by molar-refractivity contribution is 6.37. The van der Waals surface area contributed by atoms with Crippen LogP contribution in [0.2, 0.25) is 10.0 Å². The molecule has 2 aromatic heterocycles. The number of H-pyrrole nitrogens is 2. The maximum atomic E-state index is 12.3. The fourth-order valence-electron chi connectivity index (χ4n) is 2.00. The Morgan fingerprint density at radius 1 is 1.31 bits per heavy atom. The largest absolute Gasteiger partial charge is 0.434 e. The molecule has 0 bridgehead atoms. The summed E-state index contributed by atoms with van der Waals surface area (Å²) in [6.07, 6.45) is 0. The van der Waals surface area contributed by atoms with Gasteiger partial charge in [0.25, 0.3) is 11.1 Å². The van der Waals surface area contributed by atoms with E-state index in [2.05, 4.69) is 10.2 Å². The molecule has 2 N–H and O–H groups in total. The maximum Gasteiger partial charge on any atom is 0.349 e. The minimum Gasteiger partial charge on any atom is -0.434 e. The fraction of sp³-hybridized carbons (Fsp3) is 0.176. The van der Waals surface area contributed by atoms with Gasteiger partial charge in [0.05, 0.1) is 18.5 Å². The average molecular weight is 444 g/mol. The molecule has 0 amide bonds. The van der Waals surface area contributed by atoms with E-state index < -0.39 is 87.1 Å².